The summed E-state index contributed by atoms with van der Waals surface area (Å²) in [6.45, 7) is 1.81. The highest BCUT2D eigenvalue weighted by atomic mass is 16.5. The van der Waals surface area contributed by atoms with Crippen LogP contribution in [0, 0.1) is 18.3 Å². The summed E-state index contributed by atoms with van der Waals surface area (Å²) in [5, 5.41) is 8.57. The summed E-state index contributed by atoms with van der Waals surface area (Å²) in [6.07, 6.45) is 1.63. The molecule has 0 saturated carbocycles. The van der Waals surface area contributed by atoms with Crippen molar-refractivity contribution in [3.8, 4) is 6.07 Å². The molecule has 0 radical (unpaired) electrons. The zero-order chi connectivity index (χ0) is 10.6. The average molecular weight is 190 g/mol. The molecule has 0 N–H and O–H groups in total. The number of carbonyl (C=O) groups is 1. The monoisotopic (exact) mass is 190 g/mol. The van der Waals surface area contributed by atoms with Crippen LogP contribution in [-0.4, -0.2) is 18.1 Å². The molecule has 1 heterocycles. The Bertz CT molecular complexity index is 394. The number of hydrogen-bond acceptors (Lipinski definition) is 4. The first kappa shape index (κ1) is 10.2. The highest BCUT2D eigenvalue weighted by molar-refractivity contribution is 5.90. The van der Waals surface area contributed by atoms with Gasteiger partial charge in [0, 0.05) is 11.9 Å². The Hall–Kier alpha value is -1.89. The lowest BCUT2D eigenvalue weighted by atomic mass is 10.1. The summed E-state index contributed by atoms with van der Waals surface area (Å²) in [4.78, 5) is 15.2. The quantitative estimate of drug-likeness (QED) is 0.658. The number of methoxy groups -OCH3 is 1. The maximum atomic E-state index is 11.2. The summed E-state index contributed by atoms with van der Waals surface area (Å²) in [6, 6.07) is 3.71. The predicted octanol–water partition coefficient (Wildman–Crippen LogP) is 1.24. The molecule has 0 unspecified atom stereocenters. The fourth-order valence-electron chi connectivity index (χ4n) is 1.14. The molecule has 0 aliphatic heterocycles. The molecule has 14 heavy (non-hydrogen) atoms. The minimum absolute atomic E-state index is 0.188. The topological polar surface area (TPSA) is 63.0 Å². The standard InChI is InChI=1S/C10H10N2O2/c1-7-5-8(3-4-11)9(6-12-7)10(13)14-2/h5-6H,3H2,1-2H3. The Labute approximate surface area is 82.1 Å². The molecular weight excluding hydrogens is 180 g/mol. The number of carbonyl (C=O) groups excluding carboxylic acids is 1. The number of aryl methyl sites for hydroxylation is 1. The zero-order valence-corrected chi connectivity index (χ0v) is 8.07. The smallest absolute Gasteiger partial charge is 0.339 e. The molecular formula is C10H10N2O2. The molecule has 0 saturated heterocycles. The second kappa shape index (κ2) is 4.38. The normalized spacial score (nSPS) is 9.21. The Balaban J connectivity index is 3.15. The first-order chi connectivity index (χ1) is 6.69. The second-order valence-corrected chi connectivity index (χ2v) is 2.81. The Morgan fingerprint density at radius 3 is 3.00 bits per heavy atom. The van der Waals surface area contributed by atoms with Gasteiger partial charge in [0.15, 0.2) is 0 Å². The van der Waals surface area contributed by atoms with E-state index in [0.717, 1.165) is 5.69 Å². The highest BCUT2D eigenvalue weighted by Crippen LogP contribution is 2.11. The maximum Gasteiger partial charge on any atom is 0.339 e. The maximum absolute atomic E-state index is 11.2. The van der Waals surface area contributed by atoms with Gasteiger partial charge in [0.25, 0.3) is 0 Å². The molecule has 1 aromatic rings. The summed E-state index contributed by atoms with van der Waals surface area (Å²) < 4.78 is 4.57. The molecule has 0 aliphatic rings. The van der Waals surface area contributed by atoms with E-state index >= 15 is 0 Å². The van der Waals surface area contributed by atoms with Crippen LogP contribution in [0.15, 0.2) is 12.3 Å². The average Bonchev–Trinajstić information content (AvgIpc) is 2.17. The van der Waals surface area contributed by atoms with E-state index in [9.17, 15) is 4.79 Å². The largest absolute Gasteiger partial charge is 0.465 e. The van der Waals surface area contributed by atoms with Crippen molar-refractivity contribution in [2.75, 3.05) is 7.11 Å². The molecule has 0 aromatic carbocycles. The van der Waals surface area contributed by atoms with Crippen LogP contribution >= 0.6 is 0 Å². The van der Waals surface area contributed by atoms with Crippen LogP contribution in [0.5, 0.6) is 0 Å². The summed E-state index contributed by atoms with van der Waals surface area (Å²) in [5.41, 5.74) is 1.80. The Morgan fingerprint density at radius 1 is 1.71 bits per heavy atom. The number of aromatic nitrogens is 1. The summed E-state index contributed by atoms with van der Waals surface area (Å²) in [5.74, 6) is -0.456. The van der Waals surface area contributed by atoms with Gasteiger partial charge in [-0.05, 0) is 18.6 Å². The van der Waals surface area contributed by atoms with Crippen molar-refractivity contribution in [1.29, 1.82) is 5.26 Å². The number of ether oxygens (including phenoxy) is 1. The van der Waals surface area contributed by atoms with Gasteiger partial charge in [-0.3, -0.25) is 4.98 Å². The molecule has 0 amide bonds. The third-order valence-corrected chi connectivity index (χ3v) is 1.80. The SMILES string of the molecule is COC(=O)c1cnc(C)cc1CC#N. The fraction of sp³-hybridized carbons (Fsp3) is 0.300. The van der Waals surface area contributed by atoms with Crippen molar-refractivity contribution >= 4 is 5.97 Å². The number of esters is 1. The van der Waals surface area contributed by atoms with Crippen molar-refractivity contribution < 1.29 is 9.53 Å². The molecule has 1 rings (SSSR count). The van der Waals surface area contributed by atoms with Gasteiger partial charge < -0.3 is 4.74 Å². The van der Waals surface area contributed by atoms with Crippen LogP contribution in [0.1, 0.15) is 21.6 Å². The minimum atomic E-state index is -0.456. The van der Waals surface area contributed by atoms with E-state index in [1.165, 1.54) is 13.3 Å². The minimum Gasteiger partial charge on any atom is -0.465 e. The number of pyridine rings is 1. The van der Waals surface area contributed by atoms with E-state index in [0.29, 0.717) is 11.1 Å². The van der Waals surface area contributed by atoms with Gasteiger partial charge in [-0.25, -0.2) is 4.79 Å². The van der Waals surface area contributed by atoms with Crippen LogP contribution in [-0.2, 0) is 11.2 Å². The molecule has 0 fully saturated rings. The van der Waals surface area contributed by atoms with Crippen molar-refractivity contribution in [2.24, 2.45) is 0 Å². The lowest BCUT2D eigenvalue weighted by molar-refractivity contribution is 0.0599. The third-order valence-electron chi connectivity index (χ3n) is 1.80. The second-order valence-electron chi connectivity index (χ2n) is 2.81. The van der Waals surface area contributed by atoms with Crippen molar-refractivity contribution in [1.82, 2.24) is 4.98 Å². The Kier molecular flexibility index (Phi) is 3.19. The zero-order valence-electron chi connectivity index (χ0n) is 8.07. The van der Waals surface area contributed by atoms with Crippen LogP contribution in [0.25, 0.3) is 0 Å². The lowest BCUT2D eigenvalue weighted by Gasteiger charge is -2.04. The molecule has 4 heteroatoms. The van der Waals surface area contributed by atoms with Crippen molar-refractivity contribution in [2.45, 2.75) is 13.3 Å². The molecule has 4 nitrogen and oxygen atoms in total. The van der Waals surface area contributed by atoms with Crippen LogP contribution in [0.4, 0.5) is 0 Å². The lowest BCUT2D eigenvalue weighted by Crippen LogP contribution is -2.06. The molecule has 1 aromatic heterocycles. The number of rotatable bonds is 2. The van der Waals surface area contributed by atoms with E-state index < -0.39 is 5.97 Å². The fourth-order valence-corrected chi connectivity index (χ4v) is 1.14. The van der Waals surface area contributed by atoms with E-state index in [2.05, 4.69) is 9.72 Å². The number of nitriles is 1. The Morgan fingerprint density at radius 2 is 2.43 bits per heavy atom. The van der Waals surface area contributed by atoms with Gasteiger partial charge in [0.1, 0.15) is 0 Å². The molecule has 0 bridgehead atoms. The van der Waals surface area contributed by atoms with Crippen molar-refractivity contribution in [3.63, 3.8) is 0 Å². The van der Waals surface area contributed by atoms with Gasteiger partial charge in [0.05, 0.1) is 25.2 Å². The first-order valence-corrected chi connectivity index (χ1v) is 4.10. The summed E-state index contributed by atoms with van der Waals surface area (Å²) in [7, 11) is 1.30. The van der Waals surface area contributed by atoms with Gasteiger partial charge >= 0.3 is 5.97 Å². The summed E-state index contributed by atoms with van der Waals surface area (Å²) >= 11 is 0. The van der Waals surface area contributed by atoms with E-state index in [1.807, 2.05) is 13.0 Å². The molecule has 0 atom stereocenters. The molecule has 0 spiro atoms. The van der Waals surface area contributed by atoms with Gasteiger partial charge in [-0.15, -0.1) is 0 Å². The van der Waals surface area contributed by atoms with Crippen LogP contribution in [0.2, 0.25) is 0 Å². The van der Waals surface area contributed by atoms with Gasteiger partial charge in [-0.2, -0.15) is 5.26 Å². The van der Waals surface area contributed by atoms with E-state index in [1.54, 1.807) is 6.07 Å². The third kappa shape index (κ3) is 2.07. The van der Waals surface area contributed by atoms with Crippen LogP contribution in [0.3, 0.4) is 0 Å². The van der Waals surface area contributed by atoms with Crippen LogP contribution < -0.4 is 0 Å². The number of nitrogens with zero attached hydrogens (tertiary/aromatic N) is 2. The highest BCUT2D eigenvalue weighted by Gasteiger charge is 2.11. The van der Waals surface area contributed by atoms with E-state index in [-0.39, 0.29) is 6.42 Å². The molecule has 0 aliphatic carbocycles. The first-order valence-electron chi connectivity index (χ1n) is 4.10. The van der Waals surface area contributed by atoms with E-state index in [4.69, 9.17) is 5.26 Å². The number of hydrogen-bond donors (Lipinski definition) is 0. The van der Waals surface area contributed by atoms with Crippen molar-refractivity contribution in [3.05, 3.63) is 29.1 Å². The predicted molar refractivity (Wildman–Crippen MR) is 49.6 cm³/mol. The molecule has 72 valence electrons. The van der Waals surface area contributed by atoms with Gasteiger partial charge in [-0.1, -0.05) is 0 Å². The van der Waals surface area contributed by atoms with Gasteiger partial charge in [0.2, 0.25) is 0 Å².